The van der Waals surface area contributed by atoms with Crippen LogP contribution in [0, 0.1) is 0 Å². The van der Waals surface area contributed by atoms with Crippen LogP contribution in [0.1, 0.15) is 10.4 Å². The quantitative estimate of drug-likeness (QED) is 0.761. The van der Waals surface area contributed by atoms with E-state index >= 15 is 0 Å². The van der Waals surface area contributed by atoms with Crippen LogP contribution in [-0.4, -0.2) is 16.1 Å². The van der Waals surface area contributed by atoms with Crippen LogP contribution in [0.3, 0.4) is 0 Å². The van der Waals surface area contributed by atoms with Crippen molar-refractivity contribution >= 4 is 38.9 Å². The summed E-state index contributed by atoms with van der Waals surface area (Å²) in [4.78, 5) is 15.4. The average Bonchev–Trinajstić information content (AvgIpc) is 2.86. The van der Waals surface area contributed by atoms with E-state index in [1.807, 2.05) is 18.2 Å². The Labute approximate surface area is 113 Å². The fraction of sp³-hybridized carbons (Fsp3) is 0. The Kier molecular flexibility index (Phi) is 2.89. The molecule has 0 saturated heterocycles. The molecule has 94 valence electrons. The second-order valence-electron chi connectivity index (χ2n) is 4.01. The summed E-state index contributed by atoms with van der Waals surface area (Å²) < 4.78 is 1.11. The maximum atomic E-state index is 11.1. The number of aromatic carboxylic acids is 1. The van der Waals surface area contributed by atoms with E-state index in [4.69, 9.17) is 5.11 Å². The lowest BCUT2D eigenvalue weighted by atomic mass is 10.1. The second-order valence-corrected chi connectivity index (χ2v) is 4.90. The molecule has 0 spiro atoms. The van der Waals surface area contributed by atoms with Gasteiger partial charge < -0.3 is 10.4 Å². The zero-order valence-electron chi connectivity index (χ0n) is 9.83. The number of aromatic nitrogens is 1. The predicted molar refractivity (Wildman–Crippen MR) is 76.3 cm³/mol. The Bertz CT molecular complexity index is 752. The molecule has 3 aromatic rings. The Morgan fingerprint density at radius 3 is 2.89 bits per heavy atom. The van der Waals surface area contributed by atoms with Crippen molar-refractivity contribution in [1.29, 1.82) is 0 Å². The van der Waals surface area contributed by atoms with Gasteiger partial charge in [0.25, 0.3) is 0 Å². The summed E-state index contributed by atoms with van der Waals surface area (Å²) in [6.07, 6.45) is 0. The molecule has 0 aliphatic heterocycles. The Hall–Kier alpha value is -2.40. The average molecular weight is 270 g/mol. The van der Waals surface area contributed by atoms with Gasteiger partial charge in [-0.3, -0.25) is 0 Å². The first-order valence-corrected chi connectivity index (χ1v) is 6.54. The summed E-state index contributed by atoms with van der Waals surface area (Å²) in [6, 6.07) is 12.6. The number of para-hydroxylation sites is 1. The van der Waals surface area contributed by atoms with E-state index in [9.17, 15) is 4.79 Å². The number of carbonyl (C=O) groups is 1. The summed E-state index contributed by atoms with van der Waals surface area (Å²) in [6.45, 7) is 0. The number of rotatable bonds is 3. The maximum absolute atomic E-state index is 11.1. The Morgan fingerprint density at radius 1 is 1.21 bits per heavy atom. The topological polar surface area (TPSA) is 62.2 Å². The van der Waals surface area contributed by atoms with Gasteiger partial charge in [0.2, 0.25) is 0 Å². The molecule has 19 heavy (non-hydrogen) atoms. The van der Waals surface area contributed by atoms with Gasteiger partial charge in [-0.15, -0.1) is 11.3 Å². The zero-order valence-corrected chi connectivity index (χ0v) is 10.6. The largest absolute Gasteiger partial charge is 0.478 e. The summed E-state index contributed by atoms with van der Waals surface area (Å²) in [5.41, 5.74) is 4.35. The van der Waals surface area contributed by atoms with Gasteiger partial charge in [0.15, 0.2) is 0 Å². The van der Waals surface area contributed by atoms with Gasteiger partial charge in [0.1, 0.15) is 0 Å². The number of hydrogen-bond donors (Lipinski definition) is 2. The first-order valence-electron chi connectivity index (χ1n) is 5.66. The van der Waals surface area contributed by atoms with Crippen LogP contribution in [0.2, 0.25) is 0 Å². The molecule has 0 fully saturated rings. The minimum absolute atomic E-state index is 0.251. The summed E-state index contributed by atoms with van der Waals surface area (Å²) in [5, 5.41) is 12.3. The van der Waals surface area contributed by atoms with Gasteiger partial charge in [-0.1, -0.05) is 12.1 Å². The standard InChI is InChI=1S/C14H10N2O2S/c17-14(18)10-3-1-2-4-11(10)16-9-5-6-13-12(7-9)15-8-19-13/h1-8,16H,(H,17,18). The van der Waals surface area contributed by atoms with Gasteiger partial charge >= 0.3 is 5.97 Å². The van der Waals surface area contributed by atoms with E-state index in [0.717, 1.165) is 15.9 Å². The van der Waals surface area contributed by atoms with Crippen LogP contribution in [0.15, 0.2) is 48.0 Å². The molecule has 0 bridgehead atoms. The zero-order chi connectivity index (χ0) is 13.2. The van der Waals surface area contributed by atoms with Crippen molar-refractivity contribution < 1.29 is 9.90 Å². The molecule has 2 aromatic carbocycles. The van der Waals surface area contributed by atoms with E-state index in [1.54, 1.807) is 41.1 Å². The van der Waals surface area contributed by atoms with Crippen LogP contribution in [0.25, 0.3) is 10.2 Å². The molecule has 0 unspecified atom stereocenters. The molecule has 2 N–H and O–H groups in total. The summed E-state index contributed by atoms with van der Waals surface area (Å²) >= 11 is 1.58. The molecule has 0 radical (unpaired) electrons. The van der Waals surface area contributed by atoms with Gasteiger partial charge in [0.05, 0.1) is 27.0 Å². The lowest BCUT2D eigenvalue weighted by molar-refractivity contribution is 0.0698. The number of fused-ring (bicyclic) bond motifs is 1. The molecule has 3 rings (SSSR count). The molecule has 0 aliphatic rings. The highest BCUT2D eigenvalue weighted by molar-refractivity contribution is 7.16. The minimum atomic E-state index is -0.946. The second kappa shape index (κ2) is 4.70. The van der Waals surface area contributed by atoms with Gasteiger partial charge in [-0.25, -0.2) is 9.78 Å². The minimum Gasteiger partial charge on any atom is -0.478 e. The molecule has 1 aromatic heterocycles. The monoisotopic (exact) mass is 270 g/mol. The van der Waals surface area contributed by atoms with Crippen molar-refractivity contribution in [2.45, 2.75) is 0 Å². The molecule has 4 nitrogen and oxygen atoms in total. The molecule has 0 aliphatic carbocycles. The third-order valence-corrected chi connectivity index (χ3v) is 3.58. The summed E-state index contributed by atoms with van der Waals surface area (Å²) in [5.74, 6) is -0.946. The SMILES string of the molecule is O=C(O)c1ccccc1Nc1ccc2scnc2c1. The van der Waals surface area contributed by atoms with Crippen molar-refractivity contribution in [3.8, 4) is 0 Å². The van der Waals surface area contributed by atoms with Crippen molar-refractivity contribution in [2.75, 3.05) is 5.32 Å². The highest BCUT2D eigenvalue weighted by atomic mass is 32.1. The molecule has 0 saturated carbocycles. The number of thiazole rings is 1. The first kappa shape index (κ1) is 11.7. The van der Waals surface area contributed by atoms with E-state index in [1.165, 1.54) is 0 Å². The van der Waals surface area contributed by atoms with E-state index < -0.39 is 5.97 Å². The number of carboxylic acid groups (broad SMARTS) is 1. The fourth-order valence-electron chi connectivity index (χ4n) is 1.87. The Balaban J connectivity index is 1.98. The van der Waals surface area contributed by atoms with Crippen LogP contribution in [0.5, 0.6) is 0 Å². The number of hydrogen-bond acceptors (Lipinski definition) is 4. The molecule has 1 heterocycles. The lowest BCUT2D eigenvalue weighted by Crippen LogP contribution is -2.02. The summed E-state index contributed by atoms with van der Waals surface area (Å²) in [7, 11) is 0. The third-order valence-electron chi connectivity index (χ3n) is 2.77. The van der Waals surface area contributed by atoms with Crippen LogP contribution in [0.4, 0.5) is 11.4 Å². The molecule has 5 heteroatoms. The van der Waals surface area contributed by atoms with Crippen molar-refractivity contribution in [2.24, 2.45) is 0 Å². The van der Waals surface area contributed by atoms with Gasteiger partial charge in [-0.05, 0) is 30.3 Å². The van der Waals surface area contributed by atoms with Crippen LogP contribution in [-0.2, 0) is 0 Å². The smallest absolute Gasteiger partial charge is 0.337 e. The molecule has 0 amide bonds. The number of nitrogens with zero attached hydrogens (tertiary/aromatic N) is 1. The van der Waals surface area contributed by atoms with Crippen LogP contribution < -0.4 is 5.32 Å². The highest BCUT2D eigenvalue weighted by Crippen LogP contribution is 2.25. The molecular formula is C14H10N2O2S. The molecule has 0 atom stereocenters. The highest BCUT2D eigenvalue weighted by Gasteiger charge is 2.09. The third kappa shape index (κ3) is 2.28. The maximum Gasteiger partial charge on any atom is 0.337 e. The van der Waals surface area contributed by atoms with E-state index in [-0.39, 0.29) is 5.56 Å². The molecular weight excluding hydrogens is 260 g/mol. The van der Waals surface area contributed by atoms with Crippen LogP contribution >= 0.6 is 11.3 Å². The number of benzene rings is 2. The lowest BCUT2D eigenvalue weighted by Gasteiger charge is -2.09. The van der Waals surface area contributed by atoms with Crippen molar-refractivity contribution in [3.05, 3.63) is 53.5 Å². The van der Waals surface area contributed by atoms with Gasteiger partial charge in [-0.2, -0.15) is 0 Å². The fourth-order valence-corrected chi connectivity index (χ4v) is 2.53. The number of carboxylic acids is 1. The van der Waals surface area contributed by atoms with Crippen molar-refractivity contribution in [3.63, 3.8) is 0 Å². The van der Waals surface area contributed by atoms with Gasteiger partial charge in [0, 0.05) is 5.69 Å². The first-order chi connectivity index (χ1) is 9.24. The van der Waals surface area contributed by atoms with E-state index in [0.29, 0.717) is 5.69 Å². The number of nitrogens with one attached hydrogen (secondary N) is 1. The predicted octanol–water partition coefficient (Wildman–Crippen LogP) is 3.74. The number of anilines is 2. The van der Waals surface area contributed by atoms with Crippen molar-refractivity contribution in [1.82, 2.24) is 4.98 Å². The van der Waals surface area contributed by atoms with E-state index in [2.05, 4.69) is 10.3 Å². The Morgan fingerprint density at radius 2 is 2.05 bits per heavy atom. The normalized spacial score (nSPS) is 10.5.